The summed E-state index contributed by atoms with van der Waals surface area (Å²) in [5.41, 5.74) is 7.65. The summed E-state index contributed by atoms with van der Waals surface area (Å²) in [7, 11) is 0. The maximum Gasteiger partial charge on any atom is 0.221 e. The number of nitrogen functional groups attached to an aromatic ring is 1. The maximum atomic E-state index is 13.6. The summed E-state index contributed by atoms with van der Waals surface area (Å²) < 4.78 is 13.6. The van der Waals surface area contributed by atoms with Gasteiger partial charge in [-0.2, -0.15) is 4.98 Å². The Morgan fingerprint density at radius 3 is 2.82 bits per heavy atom. The van der Waals surface area contributed by atoms with Crippen LogP contribution in [0.5, 0.6) is 0 Å². The molecule has 88 valence electrons. The molecule has 0 atom stereocenters. The molecule has 5 heteroatoms. The van der Waals surface area contributed by atoms with E-state index in [0.29, 0.717) is 11.5 Å². The van der Waals surface area contributed by atoms with Gasteiger partial charge < -0.3 is 11.1 Å². The highest BCUT2D eigenvalue weighted by atomic mass is 19.1. The summed E-state index contributed by atoms with van der Waals surface area (Å²) in [5, 5.41) is 2.92. The molecule has 3 N–H and O–H groups in total. The number of benzene rings is 1. The number of aryl methyl sites for hydroxylation is 2. The Morgan fingerprint density at radius 2 is 2.06 bits per heavy atom. The molecule has 17 heavy (non-hydrogen) atoms. The quantitative estimate of drug-likeness (QED) is 0.835. The number of halogens is 1. The molecule has 0 aliphatic heterocycles. The van der Waals surface area contributed by atoms with Crippen LogP contribution in [0.2, 0.25) is 0 Å². The predicted molar refractivity (Wildman–Crippen MR) is 65.6 cm³/mol. The van der Waals surface area contributed by atoms with Crippen molar-refractivity contribution in [3.63, 3.8) is 0 Å². The predicted octanol–water partition coefficient (Wildman–Crippen LogP) is 2.56. The standard InChI is InChI=1S/C12H13FN4/c1-7-3-4-9(13)10(5-7)16-11-8(2)6-15-12(14)17-11/h3-6H,1-2H3,(H3,14,15,16,17). The minimum Gasteiger partial charge on any atom is -0.368 e. The normalized spacial score (nSPS) is 10.3. The first-order chi connectivity index (χ1) is 8.06. The molecule has 1 heterocycles. The van der Waals surface area contributed by atoms with E-state index in [4.69, 9.17) is 5.73 Å². The number of nitrogens with one attached hydrogen (secondary N) is 1. The minimum absolute atomic E-state index is 0.158. The third-order valence-electron chi connectivity index (χ3n) is 2.37. The van der Waals surface area contributed by atoms with Gasteiger partial charge in [-0.1, -0.05) is 6.07 Å². The molecular formula is C12H13FN4. The highest BCUT2D eigenvalue weighted by Crippen LogP contribution is 2.22. The van der Waals surface area contributed by atoms with Crippen molar-refractivity contribution in [1.29, 1.82) is 0 Å². The van der Waals surface area contributed by atoms with Crippen LogP contribution in [0.25, 0.3) is 0 Å². The van der Waals surface area contributed by atoms with E-state index in [9.17, 15) is 4.39 Å². The van der Waals surface area contributed by atoms with Crippen LogP contribution in [0.15, 0.2) is 24.4 Å². The molecule has 1 aromatic heterocycles. The van der Waals surface area contributed by atoms with E-state index >= 15 is 0 Å². The summed E-state index contributed by atoms with van der Waals surface area (Å²) in [4.78, 5) is 7.88. The van der Waals surface area contributed by atoms with Gasteiger partial charge in [0.15, 0.2) is 0 Å². The Kier molecular flexibility index (Phi) is 2.91. The van der Waals surface area contributed by atoms with Crippen molar-refractivity contribution in [1.82, 2.24) is 9.97 Å². The van der Waals surface area contributed by atoms with E-state index < -0.39 is 0 Å². The number of nitrogens with two attached hydrogens (primary N) is 1. The average Bonchev–Trinajstić information content (AvgIpc) is 2.28. The molecule has 0 saturated carbocycles. The monoisotopic (exact) mass is 232 g/mol. The molecule has 0 aliphatic rings. The lowest BCUT2D eigenvalue weighted by Crippen LogP contribution is -2.03. The Morgan fingerprint density at radius 1 is 1.29 bits per heavy atom. The van der Waals surface area contributed by atoms with E-state index in [1.54, 1.807) is 18.3 Å². The third kappa shape index (κ3) is 2.50. The van der Waals surface area contributed by atoms with Crippen LogP contribution in [0.4, 0.5) is 21.8 Å². The molecule has 0 radical (unpaired) electrons. The van der Waals surface area contributed by atoms with Crippen molar-refractivity contribution in [2.45, 2.75) is 13.8 Å². The van der Waals surface area contributed by atoms with Crippen LogP contribution >= 0.6 is 0 Å². The van der Waals surface area contributed by atoms with E-state index in [1.807, 2.05) is 13.8 Å². The smallest absolute Gasteiger partial charge is 0.221 e. The highest BCUT2D eigenvalue weighted by molar-refractivity contribution is 5.61. The van der Waals surface area contributed by atoms with Crippen LogP contribution < -0.4 is 11.1 Å². The molecule has 0 unspecified atom stereocenters. The summed E-state index contributed by atoms with van der Waals surface area (Å²) in [6.45, 7) is 3.72. The fraction of sp³-hybridized carbons (Fsp3) is 0.167. The lowest BCUT2D eigenvalue weighted by molar-refractivity contribution is 0.631. The van der Waals surface area contributed by atoms with Crippen molar-refractivity contribution in [3.05, 3.63) is 41.3 Å². The average molecular weight is 232 g/mol. The zero-order chi connectivity index (χ0) is 12.4. The van der Waals surface area contributed by atoms with E-state index in [-0.39, 0.29) is 11.8 Å². The van der Waals surface area contributed by atoms with Gasteiger partial charge in [-0.25, -0.2) is 9.37 Å². The lowest BCUT2D eigenvalue weighted by atomic mass is 10.2. The number of hydrogen-bond donors (Lipinski definition) is 2. The molecular weight excluding hydrogens is 219 g/mol. The van der Waals surface area contributed by atoms with Gasteiger partial charge in [0.2, 0.25) is 5.95 Å². The van der Waals surface area contributed by atoms with Crippen molar-refractivity contribution in [2.24, 2.45) is 0 Å². The van der Waals surface area contributed by atoms with Gasteiger partial charge in [0.05, 0.1) is 5.69 Å². The Balaban J connectivity index is 2.37. The molecule has 0 amide bonds. The number of rotatable bonds is 2. The van der Waals surface area contributed by atoms with Gasteiger partial charge in [0, 0.05) is 11.8 Å². The van der Waals surface area contributed by atoms with Crippen LogP contribution in [0.3, 0.4) is 0 Å². The highest BCUT2D eigenvalue weighted by Gasteiger charge is 2.06. The zero-order valence-corrected chi connectivity index (χ0v) is 9.66. The largest absolute Gasteiger partial charge is 0.368 e. The maximum absolute atomic E-state index is 13.6. The lowest BCUT2D eigenvalue weighted by Gasteiger charge is -2.10. The second-order valence-electron chi connectivity index (χ2n) is 3.87. The van der Waals surface area contributed by atoms with Gasteiger partial charge >= 0.3 is 0 Å². The summed E-state index contributed by atoms with van der Waals surface area (Å²) in [5.74, 6) is 0.348. The van der Waals surface area contributed by atoms with Crippen molar-refractivity contribution in [3.8, 4) is 0 Å². The van der Waals surface area contributed by atoms with Gasteiger partial charge in [-0.3, -0.25) is 0 Å². The van der Waals surface area contributed by atoms with E-state index in [0.717, 1.165) is 11.1 Å². The van der Waals surface area contributed by atoms with Crippen molar-refractivity contribution in [2.75, 3.05) is 11.1 Å². The number of anilines is 3. The third-order valence-corrected chi connectivity index (χ3v) is 2.37. The van der Waals surface area contributed by atoms with Crippen LogP contribution in [0, 0.1) is 19.7 Å². The SMILES string of the molecule is Cc1ccc(F)c(Nc2nc(N)ncc2C)c1. The topological polar surface area (TPSA) is 63.8 Å². The second-order valence-corrected chi connectivity index (χ2v) is 3.87. The zero-order valence-electron chi connectivity index (χ0n) is 9.66. The fourth-order valence-corrected chi connectivity index (χ4v) is 1.44. The van der Waals surface area contributed by atoms with Gasteiger partial charge in [0.25, 0.3) is 0 Å². The molecule has 0 saturated heterocycles. The first-order valence-electron chi connectivity index (χ1n) is 5.18. The Hall–Kier alpha value is -2.17. The van der Waals surface area contributed by atoms with Crippen molar-refractivity contribution >= 4 is 17.5 Å². The molecule has 2 rings (SSSR count). The molecule has 0 fully saturated rings. The first kappa shape index (κ1) is 11.3. The molecule has 0 spiro atoms. The molecule has 0 bridgehead atoms. The van der Waals surface area contributed by atoms with Crippen LogP contribution in [0.1, 0.15) is 11.1 Å². The molecule has 1 aromatic carbocycles. The minimum atomic E-state index is -0.327. The summed E-state index contributed by atoms with van der Waals surface area (Å²) >= 11 is 0. The first-order valence-corrected chi connectivity index (χ1v) is 5.18. The second kappa shape index (κ2) is 4.37. The van der Waals surface area contributed by atoms with Crippen LogP contribution in [-0.2, 0) is 0 Å². The number of hydrogen-bond acceptors (Lipinski definition) is 4. The van der Waals surface area contributed by atoms with Gasteiger partial charge in [0.1, 0.15) is 11.6 Å². The fourth-order valence-electron chi connectivity index (χ4n) is 1.44. The summed E-state index contributed by atoms with van der Waals surface area (Å²) in [6.07, 6.45) is 1.60. The van der Waals surface area contributed by atoms with Gasteiger partial charge in [-0.05, 0) is 31.5 Å². The molecule has 4 nitrogen and oxygen atoms in total. The number of nitrogens with zero attached hydrogens (tertiary/aromatic N) is 2. The molecule has 0 aliphatic carbocycles. The van der Waals surface area contributed by atoms with Crippen molar-refractivity contribution < 1.29 is 4.39 Å². The summed E-state index contributed by atoms with van der Waals surface area (Å²) in [6, 6.07) is 4.84. The van der Waals surface area contributed by atoms with E-state index in [2.05, 4.69) is 15.3 Å². The van der Waals surface area contributed by atoms with E-state index in [1.165, 1.54) is 6.07 Å². The van der Waals surface area contributed by atoms with Crippen LogP contribution in [-0.4, -0.2) is 9.97 Å². The number of aromatic nitrogens is 2. The Bertz CT molecular complexity index is 505. The van der Waals surface area contributed by atoms with Gasteiger partial charge in [-0.15, -0.1) is 0 Å². The molecule has 2 aromatic rings. The Labute approximate surface area is 98.7 Å².